The van der Waals surface area contributed by atoms with Gasteiger partial charge >= 0.3 is 11.8 Å². The quantitative estimate of drug-likeness (QED) is 0.803. The lowest BCUT2D eigenvalue weighted by molar-refractivity contribution is -0.159. The Balaban J connectivity index is 1.33. The summed E-state index contributed by atoms with van der Waals surface area (Å²) in [5.41, 5.74) is 7.82. The molecule has 24 heavy (non-hydrogen) atoms. The van der Waals surface area contributed by atoms with Gasteiger partial charge in [0.15, 0.2) is 0 Å². The van der Waals surface area contributed by atoms with E-state index in [9.17, 15) is 9.59 Å². The van der Waals surface area contributed by atoms with Crippen LogP contribution in [0.5, 0.6) is 0 Å². The molecule has 0 radical (unpaired) electrons. The first-order valence-electron chi connectivity index (χ1n) is 8.88. The molecule has 4 rings (SSSR count). The van der Waals surface area contributed by atoms with Crippen LogP contribution in [0.3, 0.4) is 0 Å². The molecule has 2 saturated heterocycles. The summed E-state index contributed by atoms with van der Waals surface area (Å²) in [7, 11) is 0. The van der Waals surface area contributed by atoms with Gasteiger partial charge in [-0.25, -0.2) is 5.43 Å². The molecule has 1 aliphatic carbocycles. The summed E-state index contributed by atoms with van der Waals surface area (Å²) in [5.74, 6) is -0.644. The molecule has 2 aliphatic heterocycles. The lowest BCUT2D eigenvalue weighted by Gasteiger charge is -2.42. The van der Waals surface area contributed by atoms with Gasteiger partial charge in [-0.15, -0.1) is 0 Å². The summed E-state index contributed by atoms with van der Waals surface area (Å²) >= 11 is 0. The zero-order valence-corrected chi connectivity index (χ0v) is 13.8. The van der Waals surface area contributed by atoms with E-state index in [4.69, 9.17) is 0 Å². The predicted molar refractivity (Wildman–Crippen MR) is 89.8 cm³/mol. The average molecular weight is 328 g/mol. The number of hydrogen-bond donors (Lipinski definition) is 2. The van der Waals surface area contributed by atoms with Crippen LogP contribution in [-0.2, 0) is 9.59 Å². The zero-order chi connectivity index (χ0) is 16.5. The largest absolute Gasteiger partial charge is 0.331 e. The maximum Gasteiger partial charge on any atom is 0.312 e. The first kappa shape index (κ1) is 15.6. The van der Waals surface area contributed by atoms with Gasteiger partial charge in [0.2, 0.25) is 0 Å². The minimum Gasteiger partial charge on any atom is -0.331 e. The van der Waals surface area contributed by atoms with Crippen molar-refractivity contribution in [2.24, 2.45) is 0 Å². The van der Waals surface area contributed by atoms with E-state index in [0.29, 0.717) is 25.7 Å². The highest BCUT2D eigenvalue weighted by Crippen LogP contribution is 2.27. The molecule has 3 aliphatic rings. The summed E-state index contributed by atoms with van der Waals surface area (Å²) in [6.45, 7) is 1.91. The van der Waals surface area contributed by atoms with Gasteiger partial charge in [-0.3, -0.25) is 15.0 Å². The number of hydrazine groups is 1. The molecule has 0 aromatic heterocycles. The third kappa shape index (κ3) is 2.91. The van der Waals surface area contributed by atoms with Crippen LogP contribution in [0.4, 0.5) is 0 Å². The van der Waals surface area contributed by atoms with Crippen molar-refractivity contribution >= 4 is 11.8 Å². The molecule has 1 aromatic rings. The fraction of sp³-hybridized carbons (Fsp3) is 0.556. The molecule has 2 heterocycles. The van der Waals surface area contributed by atoms with Gasteiger partial charge in [-0.1, -0.05) is 30.3 Å². The number of nitrogens with one attached hydrogen (secondary N) is 2. The van der Waals surface area contributed by atoms with Crippen LogP contribution >= 0.6 is 0 Å². The van der Waals surface area contributed by atoms with Crippen molar-refractivity contribution in [3.63, 3.8) is 0 Å². The van der Waals surface area contributed by atoms with E-state index >= 15 is 0 Å². The van der Waals surface area contributed by atoms with Crippen LogP contribution in [-0.4, -0.2) is 53.3 Å². The van der Waals surface area contributed by atoms with Crippen molar-refractivity contribution in [2.75, 3.05) is 19.6 Å². The molecule has 128 valence electrons. The van der Waals surface area contributed by atoms with Gasteiger partial charge in [0.05, 0.1) is 0 Å². The SMILES string of the molecule is O=C1C(=O)N(C2CCC2)CCN1CC1CC(c2ccccc2)NN1. The maximum atomic E-state index is 12.4. The molecule has 2 amide bonds. The van der Waals surface area contributed by atoms with Crippen molar-refractivity contribution in [3.05, 3.63) is 35.9 Å². The first-order valence-corrected chi connectivity index (χ1v) is 8.88. The topological polar surface area (TPSA) is 64.7 Å². The Bertz CT molecular complexity index is 617. The van der Waals surface area contributed by atoms with E-state index in [1.165, 1.54) is 12.0 Å². The van der Waals surface area contributed by atoms with Gasteiger partial charge in [-0.2, -0.15) is 0 Å². The molecule has 1 saturated carbocycles. The van der Waals surface area contributed by atoms with Crippen LogP contribution < -0.4 is 10.9 Å². The summed E-state index contributed by atoms with van der Waals surface area (Å²) in [6, 6.07) is 11.0. The highest BCUT2D eigenvalue weighted by molar-refractivity contribution is 6.35. The van der Waals surface area contributed by atoms with E-state index in [1.807, 2.05) is 18.2 Å². The maximum absolute atomic E-state index is 12.4. The first-order chi connectivity index (χ1) is 11.7. The lowest BCUT2D eigenvalue weighted by atomic mass is 9.91. The zero-order valence-electron chi connectivity index (χ0n) is 13.8. The Kier molecular flexibility index (Phi) is 4.24. The molecule has 1 aromatic carbocycles. The van der Waals surface area contributed by atoms with E-state index in [1.54, 1.807) is 9.80 Å². The summed E-state index contributed by atoms with van der Waals surface area (Å²) in [5, 5.41) is 0. The molecule has 6 nitrogen and oxygen atoms in total. The van der Waals surface area contributed by atoms with Crippen molar-refractivity contribution in [1.29, 1.82) is 0 Å². The lowest BCUT2D eigenvalue weighted by Crippen LogP contribution is -2.60. The van der Waals surface area contributed by atoms with E-state index in [-0.39, 0.29) is 23.9 Å². The number of carbonyl (C=O) groups is 2. The van der Waals surface area contributed by atoms with Gasteiger partial charge in [0, 0.05) is 37.8 Å². The second-order valence-electron chi connectivity index (χ2n) is 7.02. The van der Waals surface area contributed by atoms with Gasteiger partial charge in [0.25, 0.3) is 0 Å². The standard InChI is InChI=1S/C18H24N4O2/c23-17-18(24)22(15-7-4-8-15)10-9-21(17)12-14-11-16(20-19-14)13-5-2-1-3-6-13/h1-3,5-6,14-16,19-20H,4,7-12H2. The number of carbonyl (C=O) groups excluding carboxylic acids is 2. The third-order valence-electron chi connectivity index (χ3n) is 5.48. The molecule has 3 fully saturated rings. The number of rotatable bonds is 4. The van der Waals surface area contributed by atoms with Gasteiger partial charge < -0.3 is 9.80 Å². The second kappa shape index (κ2) is 6.53. The van der Waals surface area contributed by atoms with Crippen molar-refractivity contribution in [1.82, 2.24) is 20.7 Å². The fourth-order valence-corrected chi connectivity index (χ4v) is 3.82. The molecule has 2 unspecified atom stereocenters. The highest BCUT2D eigenvalue weighted by atomic mass is 16.2. The molecule has 0 spiro atoms. The number of piperazine rings is 1. The second-order valence-corrected chi connectivity index (χ2v) is 7.02. The van der Waals surface area contributed by atoms with Gasteiger partial charge in [0.1, 0.15) is 0 Å². The Morgan fingerprint density at radius 1 is 1.00 bits per heavy atom. The van der Waals surface area contributed by atoms with Crippen LogP contribution in [0.25, 0.3) is 0 Å². The molecule has 2 N–H and O–H groups in total. The third-order valence-corrected chi connectivity index (χ3v) is 5.48. The number of nitrogens with zero attached hydrogens (tertiary/aromatic N) is 2. The average Bonchev–Trinajstić information content (AvgIpc) is 3.02. The predicted octanol–water partition coefficient (Wildman–Crippen LogP) is 0.817. The van der Waals surface area contributed by atoms with E-state index < -0.39 is 0 Å². The molecular weight excluding hydrogens is 304 g/mol. The van der Waals surface area contributed by atoms with E-state index in [2.05, 4.69) is 23.0 Å². The number of amides is 2. The summed E-state index contributed by atoms with van der Waals surface area (Å²) in [6.07, 6.45) is 4.18. The van der Waals surface area contributed by atoms with Crippen molar-refractivity contribution in [2.45, 2.75) is 43.8 Å². The van der Waals surface area contributed by atoms with Gasteiger partial charge in [-0.05, 0) is 31.2 Å². The number of hydrogen-bond acceptors (Lipinski definition) is 4. The van der Waals surface area contributed by atoms with Crippen LogP contribution in [0, 0.1) is 0 Å². The van der Waals surface area contributed by atoms with Crippen molar-refractivity contribution in [3.8, 4) is 0 Å². The molecule has 0 bridgehead atoms. The minimum atomic E-state index is -0.335. The van der Waals surface area contributed by atoms with Crippen LogP contribution in [0.1, 0.15) is 37.3 Å². The van der Waals surface area contributed by atoms with Crippen LogP contribution in [0.2, 0.25) is 0 Å². The summed E-state index contributed by atoms with van der Waals surface area (Å²) < 4.78 is 0. The number of benzene rings is 1. The van der Waals surface area contributed by atoms with E-state index in [0.717, 1.165) is 19.3 Å². The van der Waals surface area contributed by atoms with Crippen molar-refractivity contribution < 1.29 is 9.59 Å². The molecule has 6 heteroatoms. The Hall–Kier alpha value is -1.92. The fourth-order valence-electron chi connectivity index (χ4n) is 3.82. The normalized spacial score (nSPS) is 28.3. The molecule has 2 atom stereocenters. The summed E-state index contributed by atoms with van der Waals surface area (Å²) in [4.78, 5) is 28.2. The Morgan fingerprint density at radius 2 is 1.79 bits per heavy atom. The monoisotopic (exact) mass is 328 g/mol. The molecular formula is C18H24N4O2. The highest BCUT2D eigenvalue weighted by Gasteiger charge is 2.39. The smallest absolute Gasteiger partial charge is 0.312 e. The Morgan fingerprint density at radius 3 is 2.50 bits per heavy atom. The Labute approximate surface area is 142 Å². The minimum absolute atomic E-state index is 0.169. The van der Waals surface area contributed by atoms with Crippen LogP contribution in [0.15, 0.2) is 30.3 Å².